The molecule has 132 valence electrons. The Morgan fingerprint density at radius 3 is 2.77 bits per heavy atom. The number of hydrogen-bond acceptors (Lipinski definition) is 7. The van der Waals surface area contributed by atoms with Gasteiger partial charge in [-0.25, -0.2) is 9.97 Å². The number of nitrogens with one attached hydrogen (secondary N) is 1. The molecule has 0 atom stereocenters. The van der Waals surface area contributed by atoms with Crippen LogP contribution in [0, 0.1) is 18.3 Å². The van der Waals surface area contributed by atoms with E-state index in [0.29, 0.717) is 17.8 Å². The van der Waals surface area contributed by atoms with Gasteiger partial charge in [-0.3, -0.25) is 10.1 Å². The number of aromatic nitrogens is 5. The standard InChI is InChI=1S/C18H20N8/c1-12-10-16(23-18(22-12)13-5-7-21-8-6-13)26(2)9-3-4-15-14(11-19)17(20)25-24-15/h5-8,10H,3-4,9H2,1-2H3,(H3,20,24,25). The molecule has 0 fully saturated rings. The highest BCUT2D eigenvalue weighted by molar-refractivity contribution is 5.57. The van der Waals surface area contributed by atoms with Crippen molar-refractivity contribution in [2.45, 2.75) is 19.8 Å². The van der Waals surface area contributed by atoms with Crippen LogP contribution in [-0.2, 0) is 6.42 Å². The summed E-state index contributed by atoms with van der Waals surface area (Å²) in [5.74, 6) is 1.79. The van der Waals surface area contributed by atoms with E-state index < -0.39 is 0 Å². The van der Waals surface area contributed by atoms with Gasteiger partial charge >= 0.3 is 0 Å². The summed E-state index contributed by atoms with van der Waals surface area (Å²) in [5, 5.41) is 15.8. The van der Waals surface area contributed by atoms with Crippen LogP contribution in [0.3, 0.4) is 0 Å². The number of nitrogens with zero attached hydrogens (tertiary/aromatic N) is 6. The maximum absolute atomic E-state index is 9.12. The maximum atomic E-state index is 9.12. The zero-order valence-electron chi connectivity index (χ0n) is 14.8. The Kier molecular flexibility index (Phi) is 5.08. The molecule has 0 aliphatic heterocycles. The number of rotatable bonds is 6. The molecule has 0 aliphatic rings. The van der Waals surface area contributed by atoms with E-state index in [0.717, 1.165) is 35.7 Å². The Morgan fingerprint density at radius 2 is 2.04 bits per heavy atom. The van der Waals surface area contributed by atoms with Crippen molar-refractivity contribution in [3.63, 3.8) is 0 Å². The molecule has 0 aromatic carbocycles. The van der Waals surface area contributed by atoms with Gasteiger partial charge < -0.3 is 10.6 Å². The summed E-state index contributed by atoms with van der Waals surface area (Å²) in [6, 6.07) is 7.83. The lowest BCUT2D eigenvalue weighted by Gasteiger charge is -2.19. The van der Waals surface area contributed by atoms with Gasteiger partial charge in [0.2, 0.25) is 0 Å². The van der Waals surface area contributed by atoms with E-state index in [1.54, 1.807) is 12.4 Å². The van der Waals surface area contributed by atoms with Crippen LogP contribution in [0.15, 0.2) is 30.6 Å². The van der Waals surface area contributed by atoms with Crippen LogP contribution in [0.4, 0.5) is 11.6 Å². The summed E-state index contributed by atoms with van der Waals surface area (Å²) >= 11 is 0. The Balaban J connectivity index is 1.69. The molecule has 0 saturated heterocycles. The molecular formula is C18H20N8. The van der Waals surface area contributed by atoms with Gasteiger partial charge in [0.05, 0.1) is 5.69 Å². The third kappa shape index (κ3) is 3.78. The van der Waals surface area contributed by atoms with E-state index in [1.807, 2.05) is 32.2 Å². The number of H-pyrrole nitrogens is 1. The second-order valence-corrected chi connectivity index (χ2v) is 6.03. The highest BCUT2D eigenvalue weighted by Gasteiger charge is 2.12. The van der Waals surface area contributed by atoms with Gasteiger partial charge in [0.1, 0.15) is 17.5 Å². The van der Waals surface area contributed by atoms with Gasteiger partial charge in [-0.1, -0.05) is 0 Å². The van der Waals surface area contributed by atoms with Crippen LogP contribution in [-0.4, -0.2) is 38.7 Å². The van der Waals surface area contributed by atoms with Crippen molar-refractivity contribution in [3.8, 4) is 17.5 Å². The maximum Gasteiger partial charge on any atom is 0.163 e. The SMILES string of the molecule is Cc1cc(N(C)CCCc2[nH]nc(N)c2C#N)nc(-c2ccncc2)n1. The summed E-state index contributed by atoms with van der Waals surface area (Å²) in [6.07, 6.45) is 4.99. The second kappa shape index (κ2) is 7.61. The first-order valence-electron chi connectivity index (χ1n) is 8.28. The van der Waals surface area contributed by atoms with Crippen LogP contribution in [0.5, 0.6) is 0 Å². The zero-order valence-corrected chi connectivity index (χ0v) is 14.8. The van der Waals surface area contributed by atoms with E-state index in [4.69, 9.17) is 11.0 Å². The molecular weight excluding hydrogens is 328 g/mol. The lowest BCUT2D eigenvalue weighted by molar-refractivity contribution is 0.758. The molecule has 8 nitrogen and oxygen atoms in total. The number of aromatic amines is 1. The number of aryl methyl sites for hydroxylation is 2. The minimum Gasteiger partial charge on any atom is -0.381 e. The molecule has 0 radical (unpaired) electrons. The topological polar surface area (TPSA) is 120 Å². The van der Waals surface area contributed by atoms with Gasteiger partial charge in [-0.15, -0.1) is 0 Å². The summed E-state index contributed by atoms with van der Waals surface area (Å²) < 4.78 is 0. The number of nitrogen functional groups attached to an aromatic ring is 1. The average molecular weight is 348 g/mol. The summed E-state index contributed by atoms with van der Waals surface area (Å²) in [7, 11) is 1.99. The smallest absolute Gasteiger partial charge is 0.163 e. The molecule has 0 saturated carbocycles. The summed E-state index contributed by atoms with van der Waals surface area (Å²) in [6.45, 7) is 2.73. The molecule has 3 N–H and O–H groups in total. The van der Waals surface area contributed by atoms with Crippen LogP contribution in [0.1, 0.15) is 23.4 Å². The van der Waals surface area contributed by atoms with E-state index in [2.05, 4.69) is 36.1 Å². The fourth-order valence-corrected chi connectivity index (χ4v) is 2.68. The fourth-order valence-electron chi connectivity index (χ4n) is 2.68. The van der Waals surface area contributed by atoms with Crippen molar-refractivity contribution in [2.75, 3.05) is 24.2 Å². The van der Waals surface area contributed by atoms with Crippen molar-refractivity contribution in [3.05, 3.63) is 47.5 Å². The van der Waals surface area contributed by atoms with E-state index in [-0.39, 0.29) is 5.82 Å². The van der Waals surface area contributed by atoms with Crippen LogP contribution >= 0.6 is 0 Å². The third-order valence-corrected chi connectivity index (χ3v) is 4.07. The van der Waals surface area contributed by atoms with Crippen molar-refractivity contribution < 1.29 is 0 Å². The van der Waals surface area contributed by atoms with E-state index in [9.17, 15) is 0 Å². The molecule has 0 bridgehead atoms. The van der Waals surface area contributed by atoms with Gasteiger partial charge in [-0.05, 0) is 31.9 Å². The number of nitrogens with two attached hydrogens (primary N) is 1. The van der Waals surface area contributed by atoms with Crippen LogP contribution in [0.25, 0.3) is 11.4 Å². The minimum absolute atomic E-state index is 0.254. The number of pyridine rings is 1. The quantitative estimate of drug-likeness (QED) is 0.699. The average Bonchev–Trinajstić information content (AvgIpc) is 3.01. The predicted octanol–water partition coefficient (Wildman–Crippen LogP) is 2.09. The monoisotopic (exact) mass is 348 g/mol. The molecule has 3 heterocycles. The Labute approximate surface area is 151 Å². The predicted molar refractivity (Wildman–Crippen MR) is 99.3 cm³/mol. The fraction of sp³-hybridized carbons (Fsp3) is 0.278. The lowest BCUT2D eigenvalue weighted by Crippen LogP contribution is -2.21. The Bertz CT molecular complexity index is 926. The first kappa shape index (κ1) is 17.4. The van der Waals surface area contributed by atoms with Crippen molar-refractivity contribution >= 4 is 11.6 Å². The number of hydrogen-bond donors (Lipinski definition) is 2. The zero-order chi connectivity index (χ0) is 18.5. The normalized spacial score (nSPS) is 10.5. The molecule has 3 rings (SSSR count). The van der Waals surface area contributed by atoms with Gasteiger partial charge in [0.15, 0.2) is 11.6 Å². The molecule has 0 aliphatic carbocycles. The van der Waals surface area contributed by atoms with Crippen LogP contribution in [0.2, 0.25) is 0 Å². The first-order chi connectivity index (χ1) is 12.6. The Hall–Kier alpha value is -3.47. The van der Waals surface area contributed by atoms with Gasteiger partial charge in [0, 0.05) is 43.3 Å². The van der Waals surface area contributed by atoms with Crippen molar-refractivity contribution in [2.24, 2.45) is 0 Å². The van der Waals surface area contributed by atoms with Crippen LogP contribution < -0.4 is 10.6 Å². The number of nitriles is 1. The van der Waals surface area contributed by atoms with E-state index >= 15 is 0 Å². The van der Waals surface area contributed by atoms with Crippen molar-refractivity contribution in [1.29, 1.82) is 5.26 Å². The highest BCUT2D eigenvalue weighted by atomic mass is 15.2. The van der Waals surface area contributed by atoms with Crippen molar-refractivity contribution in [1.82, 2.24) is 25.1 Å². The molecule has 26 heavy (non-hydrogen) atoms. The molecule has 8 heteroatoms. The largest absolute Gasteiger partial charge is 0.381 e. The summed E-state index contributed by atoms with van der Waals surface area (Å²) in [4.78, 5) is 15.3. The number of anilines is 2. The molecule has 3 aromatic rings. The third-order valence-electron chi connectivity index (χ3n) is 4.07. The Morgan fingerprint density at radius 1 is 1.27 bits per heavy atom. The van der Waals surface area contributed by atoms with Gasteiger partial charge in [0.25, 0.3) is 0 Å². The first-order valence-corrected chi connectivity index (χ1v) is 8.28. The lowest BCUT2D eigenvalue weighted by atomic mass is 10.1. The second-order valence-electron chi connectivity index (χ2n) is 6.03. The van der Waals surface area contributed by atoms with Gasteiger partial charge in [-0.2, -0.15) is 10.4 Å². The molecule has 3 aromatic heterocycles. The highest BCUT2D eigenvalue weighted by Crippen LogP contribution is 2.19. The minimum atomic E-state index is 0.254. The molecule has 0 spiro atoms. The molecule has 0 amide bonds. The molecule has 0 unspecified atom stereocenters. The van der Waals surface area contributed by atoms with E-state index in [1.165, 1.54) is 0 Å². The summed E-state index contributed by atoms with van der Waals surface area (Å²) in [5.41, 5.74) is 8.71.